The molecule has 0 bridgehead atoms. The van der Waals surface area contributed by atoms with Gasteiger partial charge in [-0.15, -0.1) is 0 Å². The van der Waals surface area contributed by atoms with Gasteiger partial charge in [-0.05, 0) is 11.8 Å². The lowest BCUT2D eigenvalue weighted by molar-refractivity contribution is 0.146. The Morgan fingerprint density at radius 1 is 0.846 bits per heavy atom. The van der Waals surface area contributed by atoms with Crippen molar-refractivity contribution in [3.05, 3.63) is 0 Å². The van der Waals surface area contributed by atoms with E-state index in [-0.39, 0.29) is 30.6 Å². The summed E-state index contributed by atoms with van der Waals surface area (Å²) < 4.78 is 10.4. The van der Waals surface area contributed by atoms with Crippen LogP contribution in [-0.4, -0.2) is 18.8 Å². The second-order valence-corrected chi connectivity index (χ2v) is 4.50. The highest BCUT2D eigenvalue weighted by molar-refractivity contribution is 6.27. The summed E-state index contributed by atoms with van der Waals surface area (Å²) in [7, 11) is 0.151. The summed E-state index contributed by atoms with van der Waals surface area (Å²) in [5, 5.41) is 0. The molecule has 0 aromatic heterocycles. The van der Waals surface area contributed by atoms with Crippen LogP contribution in [0.2, 0.25) is 0 Å². The van der Waals surface area contributed by atoms with E-state index < -0.39 is 0 Å². The highest BCUT2D eigenvalue weighted by Gasteiger charge is 2.14. The van der Waals surface area contributed by atoms with Crippen LogP contribution in [0.1, 0.15) is 27.7 Å². The van der Waals surface area contributed by atoms with E-state index in [9.17, 15) is 0 Å². The predicted octanol–water partition coefficient (Wildman–Crippen LogP) is 2.73. The highest BCUT2D eigenvalue weighted by Crippen LogP contribution is 2.13. The highest BCUT2D eigenvalue weighted by atomic mass is 35.5. The number of hydrogen-bond donors (Lipinski definition) is 0. The molecule has 0 aliphatic heterocycles. The normalized spacial score (nSPS) is 16.3. The summed E-state index contributed by atoms with van der Waals surface area (Å²) in [6.07, 6.45) is 0. The summed E-state index contributed by atoms with van der Waals surface area (Å²) in [6, 6.07) is 0. The number of hydrogen-bond acceptors (Lipinski definition) is 2. The second-order valence-electron chi connectivity index (χ2n) is 3.64. The molecule has 2 atom stereocenters. The SMILES string of the molecule is CC(C)C(Cl)OBOC(Cl)C(C)C. The first-order valence-electron chi connectivity index (χ1n) is 4.46. The van der Waals surface area contributed by atoms with E-state index in [4.69, 9.17) is 32.5 Å². The van der Waals surface area contributed by atoms with Crippen molar-refractivity contribution in [3.63, 3.8) is 0 Å². The van der Waals surface area contributed by atoms with Crippen LogP contribution in [0.15, 0.2) is 0 Å². The van der Waals surface area contributed by atoms with Gasteiger partial charge < -0.3 is 9.31 Å². The smallest absolute Gasteiger partial charge is 0.397 e. The lowest BCUT2D eigenvalue weighted by Gasteiger charge is -2.17. The van der Waals surface area contributed by atoms with Gasteiger partial charge in [0, 0.05) is 0 Å². The topological polar surface area (TPSA) is 18.5 Å². The monoisotopic (exact) mass is 226 g/mol. The maximum Gasteiger partial charge on any atom is 0.440 e. The van der Waals surface area contributed by atoms with Crippen LogP contribution in [0.4, 0.5) is 0 Å². The van der Waals surface area contributed by atoms with Crippen molar-refractivity contribution >= 4 is 30.9 Å². The average Bonchev–Trinajstić information content (AvgIpc) is 2.03. The molecule has 78 valence electrons. The van der Waals surface area contributed by atoms with Crippen molar-refractivity contribution in [1.82, 2.24) is 0 Å². The molecule has 0 aliphatic carbocycles. The van der Waals surface area contributed by atoms with Crippen LogP contribution in [0, 0.1) is 11.8 Å². The molecule has 13 heavy (non-hydrogen) atoms. The van der Waals surface area contributed by atoms with Crippen molar-refractivity contribution in [2.45, 2.75) is 38.8 Å². The van der Waals surface area contributed by atoms with Crippen LogP contribution in [0.5, 0.6) is 0 Å². The maximum absolute atomic E-state index is 5.83. The molecule has 0 radical (unpaired) electrons. The first-order valence-corrected chi connectivity index (χ1v) is 5.33. The minimum atomic E-state index is -0.309. The fraction of sp³-hybridized carbons (Fsp3) is 1.00. The number of halogens is 2. The molecule has 0 rings (SSSR count). The Balaban J connectivity index is 3.45. The number of alkyl halides is 2. The van der Waals surface area contributed by atoms with E-state index in [1.807, 2.05) is 27.7 Å². The third kappa shape index (κ3) is 6.61. The van der Waals surface area contributed by atoms with Crippen LogP contribution < -0.4 is 0 Å². The van der Waals surface area contributed by atoms with E-state index in [1.54, 1.807) is 0 Å². The summed E-state index contributed by atoms with van der Waals surface area (Å²) >= 11 is 11.7. The van der Waals surface area contributed by atoms with E-state index in [2.05, 4.69) is 0 Å². The van der Waals surface area contributed by atoms with Crippen molar-refractivity contribution < 1.29 is 9.31 Å². The molecule has 0 aromatic rings. The molecule has 0 amide bonds. The first kappa shape index (κ1) is 13.6. The Kier molecular flexibility index (Phi) is 7.24. The Morgan fingerprint density at radius 2 is 1.15 bits per heavy atom. The maximum atomic E-state index is 5.83. The van der Waals surface area contributed by atoms with Crippen LogP contribution >= 0.6 is 23.2 Å². The molecule has 0 saturated heterocycles. The minimum absolute atomic E-state index is 0.151. The first-order chi connectivity index (χ1) is 5.95. The summed E-state index contributed by atoms with van der Waals surface area (Å²) in [6.45, 7) is 7.94. The molecule has 2 nitrogen and oxygen atoms in total. The van der Waals surface area contributed by atoms with Gasteiger partial charge in [0.15, 0.2) is 0 Å². The van der Waals surface area contributed by atoms with E-state index in [0.29, 0.717) is 0 Å². The van der Waals surface area contributed by atoms with E-state index in [1.165, 1.54) is 0 Å². The van der Waals surface area contributed by atoms with E-state index >= 15 is 0 Å². The second kappa shape index (κ2) is 6.94. The van der Waals surface area contributed by atoms with Gasteiger partial charge in [-0.2, -0.15) is 0 Å². The summed E-state index contributed by atoms with van der Waals surface area (Å²) in [5.74, 6) is 0.552. The van der Waals surface area contributed by atoms with Gasteiger partial charge in [0.2, 0.25) is 0 Å². The van der Waals surface area contributed by atoms with Gasteiger partial charge in [0.25, 0.3) is 0 Å². The van der Waals surface area contributed by atoms with Crippen LogP contribution in [0.25, 0.3) is 0 Å². The molecular weight excluding hydrogens is 210 g/mol. The van der Waals surface area contributed by atoms with Crippen molar-refractivity contribution in [3.8, 4) is 0 Å². The fourth-order valence-electron chi connectivity index (χ4n) is 0.554. The van der Waals surface area contributed by atoms with Crippen LogP contribution in [0.3, 0.4) is 0 Å². The van der Waals surface area contributed by atoms with Gasteiger partial charge in [0.1, 0.15) is 11.1 Å². The number of rotatable bonds is 6. The Bertz CT molecular complexity index is 119. The summed E-state index contributed by atoms with van der Waals surface area (Å²) in [5.41, 5.74) is -0.618. The molecule has 5 heteroatoms. The zero-order chi connectivity index (χ0) is 10.4. The molecule has 0 spiro atoms. The van der Waals surface area contributed by atoms with Crippen LogP contribution in [-0.2, 0) is 9.31 Å². The largest absolute Gasteiger partial charge is 0.440 e. The third-order valence-corrected chi connectivity index (χ3v) is 2.76. The zero-order valence-electron chi connectivity index (χ0n) is 8.59. The molecule has 2 unspecified atom stereocenters. The molecule has 0 aliphatic rings. The Labute approximate surface area is 91.2 Å². The standard InChI is InChI=1S/C8H17BCl2O2/c1-5(2)7(10)12-9-13-8(11)6(3)4/h5-9H,1-4H3. The van der Waals surface area contributed by atoms with Crippen molar-refractivity contribution in [2.75, 3.05) is 0 Å². The lowest BCUT2D eigenvalue weighted by atomic mass is 10.2. The average molecular weight is 227 g/mol. The zero-order valence-corrected chi connectivity index (χ0v) is 10.1. The van der Waals surface area contributed by atoms with Gasteiger partial charge in [-0.3, -0.25) is 0 Å². The Morgan fingerprint density at radius 3 is 1.38 bits per heavy atom. The molecule has 0 heterocycles. The molecule has 0 saturated carbocycles. The minimum Gasteiger partial charge on any atom is -0.397 e. The van der Waals surface area contributed by atoms with Crippen molar-refractivity contribution in [2.24, 2.45) is 11.8 Å². The fourth-order valence-corrected chi connectivity index (χ4v) is 0.657. The predicted molar refractivity (Wildman–Crippen MR) is 58.3 cm³/mol. The van der Waals surface area contributed by atoms with Gasteiger partial charge in [-0.1, -0.05) is 50.9 Å². The van der Waals surface area contributed by atoms with Gasteiger partial charge >= 0.3 is 7.69 Å². The quantitative estimate of drug-likeness (QED) is 0.513. The summed E-state index contributed by atoms with van der Waals surface area (Å²) in [4.78, 5) is 0. The van der Waals surface area contributed by atoms with Gasteiger partial charge in [0.05, 0.1) is 0 Å². The van der Waals surface area contributed by atoms with Gasteiger partial charge in [-0.25, -0.2) is 0 Å². The van der Waals surface area contributed by atoms with E-state index in [0.717, 1.165) is 0 Å². The molecule has 0 fully saturated rings. The Hall–Kier alpha value is 0.565. The van der Waals surface area contributed by atoms with Crippen molar-refractivity contribution in [1.29, 1.82) is 0 Å². The lowest BCUT2D eigenvalue weighted by Crippen LogP contribution is -2.22. The third-order valence-electron chi connectivity index (χ3n) is 1.50. The molecule has 0 aromatic carbocycles. The molecular formula is C8H17BCl2O2. The molecule has 0 N–H and O–H groups in total.